The van der Waals surface area contributed by atoms with Gasteiger partial charge >= 0.3 is 0 Å². The number of nitrogens with two attached hydrogens (primary N) is 1. The maximum absolute atomic E-state index is 10.9. The molecule has 0 heterocycles. The van der Waals surface area contributed by atoms with E-state index in [4.69, 9.17) is 5.73 Å². The van der Waals surface area contributed by atoms with Gasteiger partial charge in [-0.3, -0.25) is 4.79 Å². The highest BCUT2D eigenvalue weighted by Gasteiger charge is 2.03. The van der Waals surface area contributed by atoms with E-state index in [1.807, 2.05) is 18.2 Å². The van der Waals surface area contributed by atoms with Gasteiger partial charge in [-0.1, -0.05) is 28.1 Å². The van der Waals surface area contributed by atoms with Gasteiger partial charge in [-0.25, -0.2) is 0 Å². The molecule has 0 bridgehead atoms. The van der Waals surface area contributed by atoms with Gasteiger partial charge in [0, 0.05) is 17.4 Å². The van der Waals surface area contributed by atoms with Crippen LogP contribution in [0.15, 0.2) is 18.2 Å². The van der Waals surface area contributed by atoms with E-state index in [0.29, 0.717) is 12.1 Å². The Hall–Kier alpha value is -0.830. The lowest BCUT2D eigenvalue weighted by Crippen LogP contribution is -2.01. The van der Waals surface area contributed by atoms with Crippen LogP contribution in [0, 0.1) is 0 Å². The van der Waals surface area contributed by atoms with Crippen molar-refractivity contribution in [3.63, 3.8) is 0 Å². The molecule has 1 rings (SSSR count). The van der Waals surface area contributed by atoms with Crippen LogP contribution >= 0.6 is 15.9 Å². The quantitative estimate of drug-likeness (QED) is 0.652. The highest BCUT2D eigenvalue weighted by molar-refractivity contribution is 9.08. The van der Waals surface area contributed by atoms with Crippen LogP contribution in [-0.4, -0.2) is 5.78 Å². The van der Waals surface area contributed by atoms with Gasteiger partial charge in [0.05, 0.1) is 0 Å². The van der Waals surface area contributed by atoms with Gasteiger partial charge in [0.2, 0.25) is 0 Å². The minimum absolute atomic E-state index is 0.137. The number of nitrogen functional groups attached to an aromatic ring is 1. The Morgan fingerprint density at radius 2 is 2.23 bits per heavy atom. The average molecular weight is 242 g/mol. The van der Waals surface area contributed by atoms with Crippen molar-refractivity contribution in [3.8, 4) is 0 Å². The third-order valence-corrected chi connectivity index (χ3v) is 2.45. The molecule has 13 heavy (non-hydrogen) atoms. The molecule has 0 fully saturated rings. The summed E-state index contributed by atoms with van der Waals surface area (Å²) in [4.78, 5) is 10.9. The Labute approximate surface area is 86.3 Å². The van der Waals surface area contributed by atoms with E-state index in [-0.39, 0.29) is 5.78 Å². The normalized spacial score (nSPS) is 10.0. The van der Waals surface area contributed by atoms with Crippen LogP contribution in [0.2, 0.25) is 0 Å². The maximum Gasteiger partial charge on any atom is 0.134 e. The molecule has 70 valence electrons. The predicted molar refractivity (Wildman–Crippen MR) is 57.9 cm³/mol. The van der Waals surface area contributed by atoms with Crippen molar-refractivity contribution in [1.29, 1.82) is 0 Å². The summed E-state index contributed by atoms with van der Waals surface area (Å²) in [6, 6.07) is 5.76. The molecule has 0 amide bonds. The molecule has 0 aliphatic carbocycles. The third-order valence-electron chi connectivity index (χ3n) is 1.80. The van der Waals surface area contributed by atoms with E-state index in [9.17, 15) is 4.79 Å². The van der Waals surface area contributed by atoms with Crippen molar-refractivity contribution in [2.24, 2.45) is 0 Å². The molecule has 1 aromatic rings. The number of carbonyl (C=O) groups excluding carboxylic acids is 1. The summed E-state index contributed by atoms with van der Waals surface area (Å²) >= 11 is 3.36. The van der Waals surface area contributed by atoms with Crippen molar-refractivity contribution >= 4 is 27.4 Å². The van der Waals surface area contributed by atoms with Crippen LogP contribution in [-0.2, 0) is 16.5 Å². The zero-order valence-corrected chi connectivity index (χ0v) is 9.10. The van der Waals surface area contributed by atoms with Crippen LogP contribution in [0.1, 0.15) is 18.1 Å². The second-order valence-corrected chi connectivity index (χ2v) is 3.61. The van der Waals surface area contributed by atoms with E-state index in [0.717, 1.165) is 16.5 Å². The Kier molecular flexibility index (Phi) is 3.48. The number of benzene rings is 1. The Morgan fingerprint density at radius 1 is 1.54 bits per heavy atom. The first-order valence-corrected chi connectivity index (χ1v) is 5.18. The summed E-state index contributed by atoms with van der Waals surface area (Å²) in [6.07, 6.45) is 0.423. The minimum atomic E-state index is 0.137. The van der Waals surface area contributed by atoms with Crippen LogP contribution in [0.5, 0.6) is 0 Å². The maximum atomic E-state index is 10.9. The van der Waals surface area contributed by atoms with Gasteiger partial charge in [0.1, 0.15) is 5.78 Å². The molecule has 0 saturated carbocycles. The number of hydrogen-bond donors (Lipinski definition) is 1. The molecule has 3 heteroatoms. The minimum Gasteiger partial charge on any atom is -0.398 e. The first kappa shape index (κ1) is 10.3. The summed E-state index contributed by atoms with van der Waals surface area (Å²) < 4.78 is 0. The van der Waals surface area contributed by atoms with Crippen molar-refractivity contribution in [3.05, 3.63) is 29.3 Å². The third kappa shape index (κ3) is 2.84. The SMILES string of the molecule is CC(=O)Cc1cc(CBr)ccc1N. The Balaban J connectivity index is 2.96. The molecule has 2 nitrogen and oxygen atoms in total. The largest absolute Gasteiger partial charge is 0.398 e. The fraction of sp³-hybridized carbons (Fsp3) is 0.300. The van der Waals surface area contributed by atoms with Crippen molar-refractivity contribution in [2.75, 3.05) is 5.73 Å². The number of rotatable bonds is 3. The molecular formula is C10H12BrNO. The molecule has 2 N–H and O–H groups in total. The van der Waals surface area contributed by atoms with Crippen LogP contribution in [0.25, 0.3) is 0 Å². The van der Waals surface area contributed by atoms with E-state index in [1.165, 1.54) is 0 Å². The summed E-state index contributed by atoms with van der Waals surface area (Å²) in [5.41, 5.74) is 8.48. The molecule has 0 unspecified atom stereocenters. The number of Topliss-reactive ketones (excluding diaryl/α,β-unsaturated/α-hetero) is 1. The van der Waals surface area contributed by atoms with Crippen LogP contribution in [0.4, 0.5) is 5.69 Å². The molecule has 0 spiro atoms. The zero-order chi connectivity index (χ0) is 9.84. The number of hydrogen-bond acceptors (Lipinski definition) is 2. The van der Waals surface area contributed by atoms with E-state index < -0.39 is 0 Å². The smallest absolute Gasteiger partial charge is 0.134 e. The number of carbonyl (C=O) groups is 1. The van der Waals surface area contributed by atoms with E-state index >= 15 is 0 Å². The molecule has 0 aliphatic heterocycles. The van der Waals surface area contributed by atoms with Crippen LogP contribution < -0.4 is 5.73 Å². The van der Waals surface area contributed by atoms with Crippen molar-refractivity contribution in [1.82, 2.24) is 0 Å². The fourth-order valence-corrected chi connectivity index (χ4v) is 1.51. The van der Waals surface area contributed by atoms with Gasteiger partial charge in [0.15, 0.2) is 0 Å². The van der Waals surface area contributed by atoms with Gasteiger partial charge in [-0.05, 0) is 24.1 Å². The molecule has 0 saturated heterocycles. The average Bonchev–Trinajstić information content (AvgIpc) is 2.08. The molecule has 0 aromatic heterocycles. The predicted octanol–water partition coefficient (Wildman–Crippen LogP) is 2.30. The standard InChI is InChI=1S/C10H12BrNO/c1-7(13)4-9-5-8(6-11)2-3-10(9)12/h2-3,5H,4,6,12H2,1H3. The monoisotopic (exact) mass is 241 g/mol. The van der Waals surface area contributed by atoms with Crippen molar-refractivity contribution in [2.45, 2.75) is 18.7 Å². The van der Waals surface area contributed by atoms with E-state index in [1.54, 1.807) is 6.92 Å². The number of anilines is 1. The van der Waals surface area contributed by atoms with Gasteiger partial charge in [0.25, 0.3) is 0 Å². The zero-order valence-electron chi connectivity index (χ0n) is 7.51. The summed E-state index contributed by atoms with van der Waals surface area (Å²) in [5.74, 6) is 0.137. The topological polar surface area (TPSA) is 43.1 Å². The highest BCUT2D eigenvalue weighted by Crippen LogP contribution is 2.16. The summed E-state index contributed by atoms with van der Waals surface area (Å²) in [6.45, 7) is 1.57. The van der Waals surface area contributed by atoms with Gasteiger partial charge in [-0.2, -0.15) is 0 Å². The van der Waals surface area contributed by atoms with E-state index in [2.05, 4.69) is 15.9 Å². The first-order valence-electron chi connectivity index (χ1n) is 4.06. The lowest BCUT2D eigenvalue weighted by Gasteiger charge is -2.05. The van der Waals surface area contributed by atoms with Crippen molar-refractivity contribution < 1.29 is 4.79 Å². The second kappa shape index (κ2) is 4.42. The number of halogens is 1. The molecule has 0 radical (unpaired) electrons. The summed E-state index contributed by atoms with van der Waals surface area (Å²) in [7, 11) is 0. The Morgan fingerprint density at radius 3 is 2.77 bits per heavy atom. The first-order chi connectivity index (χ1) is 6.13. The Bertz CT molecular complexity index is 323. The van der Waals surface area contributed by atoms with Gasteiger partial charge < -0.3 is 5.73 Å². The lowest BCUT2D eigenvalue weighted by atomic mass is 10.1. The number of alkyl halides is 1. The summed E-state index contributed by atoms with van der Waals surface area (Å²) in [5, 5.41) is 0.790. The second-order valence-electron chi connectivity index (χ2n) is 3.05. The highest BCUT2D eigenvalue weighted by atomic mass is 79.9. The van der Waals surface area contributed by atoms with Gasteiger partial charge in [-0.15, -0.1) is 0 Å². The lowest BCUT2D eigenvalue weighted by molar-refractivity contribution is -0.116. The number of ketones is 1. The molecule has 0 atom stereocenters. The fourth-order valence-electron chi connectivity index (χ4n) is 1.16. The molecule has 1 aromatic carbocycles. The molecule has 0 aliphatic rings. The molecular weight excluding hydrogens is 230 g/mol. The van der Waals surface area contributed by atoms with Crippen LogP contribution in [0.3, 0.4) is 0 Å².